The molecule has 6 heteroatoms. The van der Waals surface area contributed by atoms with Gasteiger partial charge in [-0.3, -0.25) is 4.98 Å². The molecule has 0 aliphatic heterocycles. The molecule has 4 rings (SSSR count). The molecule has 4 aromatic rings. The molecule has 32 heavy (non-hydrogen) atoms. The van der Waals surface area contributed by atoms with E-state index in [-0.39, 0.29) is 6.61 Å². The first-order chi connectivity index (χ1) is 15.7. The van der Waals surface area contributed by atoms with E-state index in [1.165, 1.54) is 5.56 Å². The number of fused-ring (bicyclic) bond motifs is 1. The summed E-state index contributed by atoms with van der Waals surface area (Å²) < 4.78 is 5.46. The fourth-order valence-corrected chi connectivity index (χ4v) is 3.67. The lowest BCUT2D eigenvalue weighted by Gasteiger charge is -2.12. The maximum atomic E-state index is 9.24. The highest BCUT2D eigenvalue weighted by Crippen LogP contribution is 2.24. The average Bonchev–Trinajstić information content (AvgIpc) is 2.82. The lowest BCUT2D eigenvalue weighted by atomic mass is 10.0. The molecule has 6 nitrogen and oxygen atoms in total. The number of methoxy groups -OCH3 is 1. The van der Waals surface area contributed by atoms with E-state index >= 15 is 0 Å². The zero-order valence-electron chi connectivity index (χ0n) is 18.5. The predicted octanol–water partition coefficient (Wildman–Crippen LogP) is 4.47. The van der Waals surface area contributed by atoms with Gasteiger partial charge in [-0.05, 0) is 54.2 Å². The van der Waals surface area contributed by atoms with Gasteiger partial charge in [0.1, 0.15) is 17.1 Å². The zero-order chi connectivity index (χ0) is 22.3. The van der Waals surface area contributed by atoms with Crippen LogP contribution in [0.5, 0.6) is 5.75 Å². The predicted molar refractivity (Wildman–Crippen MR) is 127 cm³/mol. The Bertz CT molecular complexity index is 1200. The minimum atomic E-state index is 0.113. The molecule has 0 saturated heterocycles. The van der Waals surface area contributed by atoms with E-state index in [1.807, 2.05) is 31.3 Å². The number of aromatic nitrogens is 3. The Labute approximate surface area is 188 Å². The van der Waals surface area contributed by atoms with E-state index in [0.29, 0.717) is 25.2 Å². The van der Waals surface area contributed by atoms with Crippen molar-refractivity contribution >= 4 is 16.9 Å². The smallest absolute Gasteiger partial charge is 0.156 e. The van der Waals surface area contributed by atoms with E-state index < -0.39 is 0 Å². The minimum Gasteiger partial charge on any atom is -0.496 e. The number of ether oxygens (including phenoxy) is 1. The summed E-state index contributed by atoms with van der Waals surface area (Å²) in [6.07, 6.45) is 3.87. The van der Waals surface area contributed by atoms with E-state index in [0.717, 1.165) is 45.7 Å². The van der Waals surface area contributed by atoms with Gasteiger partial charge in [-0.25, -0.2) is 9.97 Å². The van der Waals surface area contributed by atoms with E-state index in [1.54, 1.807) is 7.11 Å². The largest absolute Gasteiger partial charge is 0.496 e. The second-order valence-electron chi connectivity index (χ2n) is 7.85. The van der Waals surface area contributed by atoms with Crippen molar-refractivity contribution in [3.05, 3.63) is 88.9 Å². The molecule has 0 unspecified atom stereocenters. The van der Waals surface area contributed by atoms with Gasteiger partial charge >= 0.3 is 0 Å². The van der Waals surface area contributed by atoms with Crippen molar-refractivity contribution < 1.29 is 9.84 Å². The number of nitrogens with zero attached hydrogens (tertiary/aromatic N) is 3. The molecule has 0 amide bonds. The molecule has 2 heterocycles. The first-order valence-corrected chi connectivity index (χ1v) is 10.8. The number of benzene rings is 2. The maximum Gasteiger partial charge on any atom is 0.156 e. The molecule has 0 bridgehead atoms. The van der Waals surface area contributed by atoms with Crippen LogP contribution >= 0.6 is 0 Å². The second kappa shape index (κ2) is 10.2. The number of anilines is 1. The van der Waals surface area contributed by atoms with Crippen LogP contribution in [-0.2, 0) is 19.4 Å². The van der Waals surface area contributed by atoms with Crippen LogP contribution in [0.3, 0.4) is 0 Å². The number of rotatable bonds is 9. The third-order valence-corrected chi connectivity index (χ3v) is 5.38. The molecule has 0 aliphatic rings. The number of pyridine rings is 1. The van der Waals surface area contributed by atoms with Crippen LogP contribution in [0.2, 0.25) is 0 Å². The van der Waals surface area contributed by atoms with Gasteiger partial charge in [-0.15, -0.1) is 0 Å². The molecular weight excluding hydrogens is 400 g/mol. The molecule has 0 radical (unpaired) electrons. The number of aliphatic hydroxyl groups excluding tert-OH is 1. The molecule has 0 aliphatic carbocycles. The molecular formula is C26H28N4O2. The molecule has 2 aromatic heterocycles. The Hall–Kier alpha value is -3.51. The molecule has 0 atom stereocenters. The number of hydrogen-bond donors (Lipinski definition) is 2. The van der Waals surface area contributed by atoms with Crippen LogP contribution in [-0.4, -0.2) is 33.8 Å². The Kier molecular flexibility index (Phi) is 6.92. The lowest BCUT2D eigenvalue weighted by molar-refractivity contribution is 0.287. The Morgan fingerprint density at radius 1 is 0.969 bits per heavy atom. The molecule has 0 spiro atoms. The Balaban J connectivity index is 1.64. The summed E-state index contributed by atoms with van der Waals surface area (Å²) in [6.45, 7) is 2.80. The van der Waals surface area contributed by atoms with Gasteiger partial charge in [0.15, 0.2) is 5.82 Å². The highest BCUT2D eigenvalue weighted by molar-refractivity contribution is 5.85. The van der Waals surface area contributed by atoms with Gasteiger partial charge in [0.2, 0.25) is 0 Å². The van der Waals surface area contributed by atoms with Crippen molar-refractivity contribution in [2.75, 3.05) is 19.0 Å². The fraction of sp³-hybridized carbons (Fsp3) is 0.269. The molecule has 2 aromatic carbocycles. The summed E-state index contributed by atoms with van der Waals surface area (Å²) in [5.41, 5.74) is 6.07. The first kappa shape index (κ1) is 21.7. The summed E-state index contributed by atoms with van der Waals surface area (Å²) in [7, 11) is 1.69. The Morgan fingerprint density at radius 2 is 1.81 bits per heavy atom. The number of nitrogens with one attached hydrogen (secondary N) is 1. The first-order valence-electron chi connectivity index (χ1n) is 10.8. The number of aliphatic hydroxyl groups is 1. The highest BCUT2D eigenvalue weighted by Gasteiger charge is 2.11. The summed E-state index contributed by atoms with van der Waals surface area (Å²) in [5.74, 6) is 2.31. The summed E-state index contributed by atoms with van der Waals surface area (Å²) in [6, 6.07) is 18.5. The van der Waals surface area contributed by atoms with Crippen molar-refractivity contribution in [3.8, 4) is 5.75 Å². The van der Waals surface area contributed by atoms with Gasteiger partial charge < -0.3 is 15.2 Å². The summed E-state index contributed by atoms with van der Waals surface area (Å²) in [4.78, 5) is 14.1. The van der Waals surface area contributed by atoms with E-state index in [4.69, 9.17) is 14.7 Å². The third kappa shape index (κ3) is 5.21. The van der Waals surface area contributed by atoms with Crippen molar-refractivity contribution in [2.45, 2.75) is 32.7 Å². The minimum absolute atomic E-state index is 0.113. The van der Waals surface area contributed by atoms with Gasteiger partial charge in [0, 0.05) is 25.8 Å². The molecule has 0 saturated carbocycles. The van der Waals surface area contributed by atoms with Crippen LogP contribution in [0.1, 0.15) is 34.5 Å². The normalized spacial score (nSPS) is 11.0. The topological polar surface area (TPSA) is 80.2 Å². The van der Waals surface area contributed by atoms with Gasteiger partial charge in [-0.2, -0.15) is 0 Å². The monoisotopic (exact) mass is 428 g/mol. The van der Waals surface area contributed by atoms with Crippen molar-refractivity contribution in [1.29, 1.82) is 0 Å². The SMILES string of the molecule is COc1cc(Cc2cnc3c(NCc4ccccc4)nc(CCCO)nc3c2)ccc1C. The molecule has 2 N–H and O–H groups in total. The zero-order valence-corrected chi connectivity index (χ0v) is 18.5. The quantitative estimate of drug-likeness (QED) is 0.409. The summed E-state index contributed by atoms with van der Waals surface area (Å²) >= 11 is 0. The van der Waals surface area contributed by atoms with Crippen molar-refractivity contribution in [2.24, 2.45) is 0 Å². The van der Waals surface area contributed by atoms with E-state index in [9.17, 15) is 5.11 Å². The number of hydrogen-bond acceptors (Lipinski definition) is 6. The fourth-order valence-electron chi connectivity index (χ4n) is 3.67. The van der Waals surface area contributed by atoms with Crippen molar-refractivity contribution in [1.82, 2.24) is 15.0 Å². The highest BCUT2D eigenvalue weighted by atomic mass is 16.5. The molecule has 0 fully saturated rings. The summed E-state index contributed by atoms with van der Waals surface area (Å²) in [5, 5.41) is 12.7. The Morgan fingerprint density at radius 3 is 2.59 bits per heavy atom. The van der Waals surface area contributed by atoms with Crippen LogP contribution in [0, 0.1) is 6.92 Å². The third-order valence-electron chi connectivity index (χ3n) is 5.38. The van der Waals surface area contributed by atoms with Gasteiger partial charge in [0.25, 0.3) is 0 Å². The average molecular weight is 429 g/mol. The van der Waals surface area contributed by atoms with Crippen LogP contribution in [0.25, 0.3) is 11.0 Å². The standard InChI is InChI=1S/C26H28N4O2/c1-18-10-11-20(15-23(18)32-2)13-21-14-22-25(27-17-21)26(30-24(29-22)9-6-12-31)28-16-19-7-4-3-5-8-19/h3-5,7-8,10-11,14-15,17,31H,6,9,12-13,16H2,1-2H3,(H,28,29,30). The van der Waals surface area contributed by atoms with Crippen molar-refractivity contribution in [3.63, 3.8) is 0 Å². The van der Waals surface area contributed by atoms with Crippen LogP contribution in [0.15, 0.2) is 60.8 Å². The lowest BCUT2D eigenvalue weighted by Crippen LogP contribution is -2.07. The maximum absolute atomic E-state index is 9.24. The number of aryl methyl sites for hydroxylation is 2. The van der Waals surface area contributed by atoms with E-state index in [2.05, 4.69) is 46.7 Å². The van der Waals surface area contributed by atoms with Gasteiger partial charge in [0.05, 0.1) is 12.6 Å². The van der Waals surface area contributed by atoms with Crippen LogP contribution in [0.4, 0.5) is 5.82 Å². The molecule has 164 valence electrons. The van der Waals surface area contributed by atoms with Gasteiger partial charge in [-0.1, -0.05) is 42.5 Å². The van der Waals surface area contributed by atoms with Crippen LogP contribution < -0.4 is 10.1 Å². The second-order valence-corrected chi connectivity index (χ2v) is 7.85.